The van der Waals surface area contributed by atoms with Crippen LogP contribution in [0.5, 0.6) is 0 Å². The normalized spacial score (nSPS) is 16.8. The SMILES string of the molecule is CC(=O)OCC(COC(C)=O)OC(=O)CC(C)CC(=O)OC(C)OC(=O)N(C)C1CC[C@@H](c2ccc(Cl)c(Cl)c2)c2ccccc21. The number of hydrogen-bond acceptors (Lipinski definition) is 10. The van der Waals surface area contributed by atoms with Gasteiger partial charge in [0.05, 0.1) is 16.1 Å². The number of ether oxygens (including phenoxy) is 5. The lowest BCUT2D eigenvalue weighted by atomic mass is 9.76. The highest BCUT2D eigenvalue weighted by Crippen LogP contribution is 2.44. The molecule has 1 aliphatic rings. The molecule has 250 valence electrons. The highest BCUT2D eigenvalue weighted by molar-refractivity contribution is 6.42. The molecule has 0 aliphatic heterocycles. The summed E-state index contributed by atoms with van der Waals surface area (Å²) < 4.78 is 25.7. The first-order valence-corrected chi connectivity index (χ1v) is 15.6. The Hall–Kier alpha value is -3.83. The Kier molecular flexibility index (Phi) is 13.7. The molecule has 1 amide bonds. The van der Waals surface area contributed by atoms with Crippen LogP contribution in [0.25, 0.3) is 0 Å². The predicted octanol–water partition coefficient (Wildman–Crippen LogP) is 6.37. The van der Waals surface area contributed by atoms with Crippen molar-refractivity contribution >= 4 is 53.2 Å². The van der Waals surface area contributed by atoms with Gasteiger partial charge in [-0.25, -0.2) is 4.79 Å². The van der Waals surface area contributed by atoms with Gasteiger partial charge in [0.15, 0.2) is 6.10 Å². The van der Waals surface area contributed by atoms with Crippen molar-refractivity contribution in [3.05, 3.63) is 69.2 Å². The average molecular weight is 681 g/mol. The summed E-state index contributed by atoms with van der Waals surface area (Å²) >= 11 is 12.4. The number of carbonyl (C=O) groups excluding carboxylic acids is 5. The zero-order valence-corrected chi connectivity index (χ0v) is 28.0. The Labute approximate surface area is 278 Å². The average Bonchev–Trinajstić information content (AvgIpc) is 2.98. The number of hydrogen-bond donors (Lipinski definition) is 0. The van der Waals surface area contributed by atoms with Crippen molar-refractivity contribution < 1.29 is 47.7 Å². The second-order valence-electron chi connectivity index (χ2n) is 11.2. The first-order valence-electron chi connectivity index (χ1n) is 14.9. The Balaban J connectivity index is 1.51. The zero-order chi connectivity index (χ0) is 34.0. The van der Waals surface area contributed by atoms with E-state index in [1.54, 1.807) is 20.0 Å². The minimum Gasteiger partial charge on any atom is -0.462 e. The maximum absolute atomic E-state index is 13.1. The molecule has 0 saturated carbocycles. The number of carbonyl (C=O) groups is 5. The number of rotatable bonds is 13. The third-order valence-corrected chi connectivity index (χ3v) is 8.14. The van der Waals surface area contributed by atoms with Crippen molar-refractivity contribution in [1.29, 1.82) is 0 Å². The maximum atomic E-state index is 13.1. The summed E-state index contributed by atoms with van der Waals surface area (Å²) in [5.41, 5.74) is 3.10. The van der Waals surface area contributed by atoms with Crippen LogP contribution >= 0.6 is 23.2 Å². The minimum absolute atomic E-state index is 0.0828. The van der Waals surface area contributed by atoms with Crippen LogP contribution in [0.4, 0.5) is 4.79 Å². The van der Waals surface area contributed by atoms with E-state index in [2.05, 4.69) is 0 Å². The van der Waals surface area contributed by atoms with Gasteiger partial charge < -0.3 is 28.6 Å². The largest absolute Gasteiger partial charge is 0.462 e. The van der Waals surface area contributed by atoms with E-state index in [9.17, 15) is 24.0 Å². The molecule has 2 aromatic rings. The molecule has 0 fully saturated rings. The van der Waals surface area contributed by atoms with Crippen molar-refractivity contribution in [1.82, 2.24) is 4.90 Å². The quantitative estimate of drug-likeness (QED) is 0.133. The Morgan fingerprint density at radius 1 is 0.804 bits per heavy atom. The lowest BCUT2D eigenvalue weighted by Gasteiger charge is -2.36. The molecule has 0 heterocycles. The van der Waals surface area contributed by atoms with Crippen LogP contribution in [-0.2, 0) is 42.9 Å². The Bertz CT molecular complexity index is 1400. The van der Waals surface area contributed by atoms with Gasteiger partial charge in [-0.1, -0.05) is 60.5 Å². The molecular formula is C33H39Cl2NO10. The second-order valence-corrected chi connectivity index (χ2v) is 12.0. The molecule has 0 aromatic heterocycles. The van der Waals surface area contributed by atoms with Crippen LogP contribution in [-0.4, -0.2) is 67.5 Å². The van der Waals surface area contributed by atoms with Crippen LogP contribution in [0.15, 0.2) is 42.5 Å². The van der Waals surface area contributed by atoms with Gasteiger partial charge in [-0.3, -0.25) is 19.2 Å². The summed E-state index contributed by atoms with van der Waals surface area (Å²) in [4.78, 5) is 61.8. The molecule has 0 radical (unpaired) electrons. The van der Waals surface area contributed by atoms with E-state index in [4.69, 9.17) is 46.9 Å². The number of benzene rings is 2. The Morgan fingerprint density at radius 3 is 1.98 bits per heavy atom. The number of fused-ring (bicyclic) bond motifs is 1. The molecule has 0 bridgehead atoms. The standard InChI is InChI=1S/C33H39Cl2NO10/c1-19(15-32(40)46-24(17-42-20(2)37)18-43-21(3)38)14-31(39)44-22(4)45-33(41)36(5)30-13-11-25(26-8-6-7-9-27(26)30)23-10-12-28(34)29(35)16-23/h6-10,12,16,19,22,24-25,30H,11,13-15,17-18H2,1-5H3/t19?,22?,25-,30?/m0/s1. The fourth-order valence-corrected chi connectivity index (χ4v) is 5.57. The fraction of sp³-hybridized carbons (Fsp3) is 0.485. The van der Waals surface area contributed by atoms with Crippen LogP contribution in [0.2, 0.25) is 10.0 Å². The zero-order valence-electron chi connectivity index (χ0n) is 26.5. The number of amides is 1. The highest BCUT2D eigenvalue weighted by atomic mass is 35.5. The van der Waals surface area contributed by atoms with Gasteiger partial charge in [-0.2, -0.15) is 0 Å². The van der Waals surface area contributed by atoms with Gasteiger partial charge in [0.25, 0.3) is 0 Å². The minimum atomic E-state index is -1.18. The highest BCUT2D eigenvalue weighted by Gasteiger charge is 2.33. The predicted molar refractivity (Wildman–Crippen MR) is 168 cm³/mol. The first-order chi connectivity index (χ1) is 21.7. The van der Waals surface area contributed by atoms with Gasteiger partial charge in [0.1, 0.15) is 13.2 Å². The molecule has 0 spiro atoms. The van der Waals surface area contributed by atoms with Crippen LogP contribution < -0.4 is 0 Å². The molecule has 4 atom stereocenters. The van der Waals surface area contributed by atoms with Crippen molar-refractivity contribution in [3.8, 4) is 0 Å². The van der Waals surface area contributed by atoms with E-state index >= 15 is 0 Å². The van der Waals surface area contributed by atoms with Gasteiger partial charge in [-0.05, 0) is 47.6 Å². The van der Waals surface area contributed by atoms with Crippen molar-refractivity contribution in [2.45, 2.75) is 77.7 Å². The van der Waals surface area contributed by atoms with E-state index in [1.165, 1.54) is 25.7 Å². The van der Waals surface area contributed by atoms with Crippen LogP contribution in [0.3, 0.4) is 0 Å². The van der Waals surface area contributed by atoms with E-state index < -0.39 is 48.3 Å². The molecule has 1 aliphatic carbocycles. The van der Waals surface area contributed by atoms with Crippen molar-refractivity contribution in [3.63, 3.8) is 0 Å². The summed E-state index contributed by atoms with van der Waals surface area (Å²) in [6.07, 6.45) is -1.72. The summed E-state index contributed by atoms with van der Waals surface area (Å²) in [7, 11) is 1.64. The molecule has 13 heteroatoms. The lowest BCUT2D eigenvalue weighted by molar-refractivity contribution is -0.169. The monoisotopic (exact) mass is 679 g/mol. The van der Waals surface area contributed by atoms with Gasteiger partial charge in [0, 0.05) is 46.6 Å². The summed E-state index contributed by atoms with van der Waals surface area (Å²) in [6, 6.07) is 13.2. The molecule has 2 aromatic carbocycles. The van der Waals surface area contributed by atoms with Crippen molar-refractivity contribution in [2.24, 2.45) is 5.92 Å². The van der Waals surface area contributed by atoms with Crippen molar-refractivity contribution in [2.75, 3.05) is 20.3 Å². The van der Waals surface area contributed by atoms with Crippen LogP contribution in [0.1, 0.15) is 82.0 Å². The lowest BCUT2D eigenvalue weighted by Crippen LogP contribution is -2.37. The molecule has 11 nitrogen and oxygen atoms in total. The van der Waals surface area contributed by atoms with Crippen LogP contribution in [0, 0.1) is 5.92 Å². The number of esters is 4. The van der Waals surface area contributed by atoms with Gasteiger partial charge in [0.2, 0.25) is 6.29 Å². The van der Waals surface area contributed by atoms with E-state index in [0.29, 0.717) is 16.5 Å². The van der Waals surface area contributed by atoms with E-state index in [0.717, 1.165) is 23.1 Å². The smallest absolute Gasteiger partial charge is 0.413 e. The first kappa shape index (κ1) is 36.6. The summed E-state index contributed by atoms with van der Waals surface area (Å²) in [5, 5.41) is 0.972. The molecular weight excluding hydrogens is 641 g/mol. The summed E-state index contributed by atoms with van der Waals surface area (Å²) in [6.45, 7) is 4.90. The van der Waals surface area contributed by atoms with Gasteiger partial charge >= 0.3 is 30.0 Å². The summed E-state index contributed by atoms with van der Waals surface area (Å²) in [5.74, 6) is -2.93. The molecule has 0 saturated heterocycles. The number of halogens is 2. The fourth-order valence-electron chi connectivity index (χ4n) is 5.27. The van der Waals surface area contributed by atoms with E-state index in [1.807, 2.05) is 36.4 Å². The molecule has 46 heavy (non-hydrogen) atoms. The maximum Gasteiger partial charge on any atom is 0.413 e. The molecule has 0 N–H and O–H groups in total. The second kappa shape index (κ2) is 17.2. The Morgan fingerprint density at radius 2 is 1.39 bits per heavy atom. The van der Waals surface area contributed by atoms with Gasteiger partial charge in [-0.15, -0.1) is 0 Å². The van der Waals surface area contributed by atoms with E-state index in [-0.39, 0.29) is 38.0 Å². The number of nitrogens with zero attached hydrogens (tertiary/aromatic N) is 1. The third kappa shape index (κ3) is 10.9. The topological polar surface area (TPSA) is 135 Å². The molecule has 3 unspecified atom stereocenters. The molecule has 3 rings (SSSR count). The third-order valence-electron chi connectivity index (χ3n) is 7.40.